The topological polar surface area (TPSA) is 45.2 Å². The number of carbonyl (C=O) groups excluding carboxylic acids is 1. The molecule has 0 radical (unpaired) electrons. The van der Waals surface area contributed by atoms with Crippen LogP contribution in [0.5, 0.6) is 0 Å². The van der Waals surface area contributed by atoms with Crippen LogP contribution in [0.2, 0.25) is 0 Å². The molecule has 1 amide bonds. The van der Waals surface area contributed by atoms with Crippen LogP contribution in [0.25, 0.3) is 0 Å². The minimum Gasteiger partial charge on any atom is -0.345 e. The zero-order valence-corrected chi connectivity index (χ0v) is 17.2. The minimum absolute atomic E-state index is 0.00973. The number of pyridine rings is 1. The number of nitrogens with one attached hydrogen (secondary N) is 1. The number of hydrogen-bond donors (Lipinski definition) is 1. The summed E-state index contributed by atoms with van der Waals surface area (Å²) in [6, 6.07) is 14.6. The van der Waals surface area contributed by atoms with E-state index in [1.807, 2.05) is 25.1 Å². The number of aryl methyl sites for hydroxylation is 1. The number of hydrogen-bond acceptors (Lipinski definition) is 3. The van der Waals surface area contributed by atoms with Crippen LogP contribution in [-0.2, 0) is 13.1 Å². The Balaban J connectivity index is 1.29. The molecule has 0 saturated heterocycles. The third kappa shape index (κ3) is 2.83. The summed E-state index contributed by atoms with van der Waals surface area (Å²) >= 11 is 0. The van der Waals surface area contributed by atoms with Gasteiger partial charge in [-0.3, -0.25) is 9.69 Å². The highest BCUT2D eigenvalue weighted by Gasteiger charge is 2.60. The molecule has 150 valence electrons. The second-order valence-electron chi connectivity index (χ2n) is 10.2. The Kier molecular flexibility index (Phi) is 3.74. The molecule has 2 aromatic rings. The van der Waals surface area contributed by atoms with E-state index in [4.69, 9.17) is 0 Å². The zero-order valence-electron chi connectivity index (χ0n) is 17.2. The van der Waals surface area contributed by atoms with Crippen molar-refractivity contribution in [3.8, 4) is 0 Å². The first kappa shape index (κ1) is 17.6. The molecule has 0 spiro atoms. The van der Waals surface area contributed by atoms with Gasteiger partial charge in [0.15, 0.2) is 0 Å². The smallest absolute Gasteiger partial charge is 0.270 e. The summed E-state index contributed by atoms with van der Waals surface area (Å²) in [5.74, 6) is 1.49. The molecule has 5 aliphatic rings. The van der Waals surface area contributed by atoms with E-state index in [9.17, 15) is 4.79 Å². The van der Waals surface area contributed by atoms with Crippen molar-refractivity contribution in [2.45, 2.75) is 69.6 Å². The van der Waals surface area contributed by atoms with Crippen LogP contribution in [0, 0.1) is 18.8 Å². The number of rotatable bonds is 3. The van der Waals surface area contributed by atoms with Crippen molar-refractivity contribution < 1.29 is 4.79 Å². The lowest BCUT2D eigenvalue weighted by atomic mass is 9.49. The van der Waals surface area contributed by atoms with Crippen LogP contribution in [0.1, 0.15) is 65.8 Å². The first-order valence-electron chi connectivity index (χ1n) is 11.1. The van der Waals surface area contributed by atoms with Gasteiger partial charge in [-0.15, -0.1) is 0 Å². The monoisotopic (exact) mass is 387 g/mol. The molecule has 2 atom stereocenters. The van der Waals surface area contributed by atoms with Crippen LogP contribution >= 0.6 is 0 Å². The van der Waals surface area contributed by atoms with Gasteiger partial charge < -0.3 is 5.32 Å². The van der Waals surface area contributed by atoms with E-state index in [2.05, 4.69) is 39.5 Å². The van der Waals surface area contributed by atoms with Crippen molar-refractivity contribution in [1.29, 1.82) is 0 Å². The maximum atomic E-state index is 13.1. The number of fused-ring (bicyclic) bond motifs is 1. The molecule has 4 aliphatic carbocycles. The second kappa shape index (κ2) is 6.15. The predicted molar refractivity (Wildman–Crippen MR) is 112 cm³/mol. The summed E-state index contributed by atoms with van der Waals surface area (Å²) in [6.07, 6.45) is 7.34. The molecule has 1 N–H and O–H groups in total. The Morgan fingerprint density at radius 3 is 2.34 bits per heavy atom. The molecule has 4 nitrogen and oxygen atoms in total. The van der Waals surface area contributed by atoms with Gasteiger partial charge in [0.1, 0.15) is 5.69 Å². The van der Waals surface area contributed by atoms with Gasteiger partial charge in [-0.05, 0) is 80.5 Å². The van der Waals surface area contributed by atoms with Gasteiger partial charge >= 0.3 is 0 Å². The maximum Gasteiger partial charge on any atom is 0.270 e. The quantitative estimate of drug-likeness (QED) is 0.857. The molecule has 4 fully saturated rings. The van der Waals surface area contributed by atoms with Crippen molar-refractivity contribution in [3.05, 3.63) is 65.0 Å². The number of nitrogens with zero attached hydrogens (tertiary/aromatic N) is 2. The fraction of sp³-hybridized carbons (Fsp3) is 0.520. The summed E-state index contributed by atoms with van der Waals surface area (Å²) < 4.78 is 0. The molecule has 1 aliphatic heterocycles. The standard InChI is InChI=1S/C25H29N3O/c1-17-5-4-8-22(26-17)23(29)27-24-10-18-9-19(11-24)13-25(12-18,16-24)28-14-20-6-2-3-7-21(20)15-28/h2-8,18-19H,9-16H2,1H3,(H,27,29). The van der Waals surface area contributed by atoms with Crippen molar-refractivity contribution in [2.24, 2.45) is 11.8 Å². The van der Waals surface area contributed by atoms with E-state index in [0.717, 1.165) is 49.9 Å². The highest BCUT2D eigenvalue weighted by atomic mass is 16.2. The molecule has 4 saturated carbocycles. The zero-order chi connectivity index (χ0) is 19.6. The minimum atomic E-state index is -0.0542. The Morgan fingerprint density at radius 1 is 1.00 bits per heavy atom. The molecular weight excluding hydrogens is 358 g/mol. The second-order valence-corrected chi connectivity index (χ2v) is 10.2. The van der Waals surface area contributed by atoms with Crippen LogP contribution in [0.4, 0.5) is 0 Å². The summed E-state index contributed by atoms with van der Waals surface area (Å²) in [4.78, 5) is 20.3. The van der Waals surface area contributed by atoms with E-state index >= 15 is 0 Å². The molecule has 4 heteroatoms. The molecule has 29 heavy (non-hydrogen) atoms. The molecule has 2 unspecified atom stereocenters. The summed E-state index contributed by atoms with van der Waals surface area (Å²) in [5.41, 5.74) is 4.63. The van der Waals surface area contributed by atoms with E-state index in [0.29, 0.717) is 5.69 Å². The highest BCUT2D eigenvalue weighted by molar-refractivity contribution is 5.92. The van der Waals surface area contributed by atoms with Crippen molar-refractivity contribution >= 4 is 5.91 Å². The molecule has 7 rings (SSSR count). The SMILES string of the molecule is Cc1cccc(C(=O)NC23CC4CC(C2)CC(N2Cc5ccccc5C2)(C4)C3)n1. The average molecular weight is 388 g/mol. The van der Waals surface area contributed by atoms with Gasteiger partial charge in [-0.1, -0.05) is 30.3 Å². The lowest BCUT2D eigenvalue weighted by molar-refractivity contribution is -0.109. The Labute approximate surface area is 172 Å². The largest absolute Gasteiger partial charge is 0.345 e. The van der Waals surface area contributed by atoms with Crippen molar-refractivity contribution in [2.75, 3.05) is 0 Å². The van der Waals surface area contributed by atoms with Crippen molar-refractivity contribution in [1.82, 2.24) is 15.2 Å². The lowest BCUT2D eigenvalue weighted by Gasteiger charge is -2.64. The summed E-state index contributed by atoms with van der Waals surface area (Å²) in [7, 11) is 0. The van der Waals surface area contributed by atoms with E-state index < -0.39 is 0 Å². The van der Waals surface area contributed by atoms with E-state index in [-0.39, 0.29) is 17.0 Å². The Morgan fingerprint density at radius 2 is 1.69 bits per heavy atom. The Bertz CT molecular complexity index is 945. The normalized spacial score (nSPS) is 34.9. The highest BCUT2D eigenvalue weighted by Crippen LogP contribution is 2.60. The molecule has 4 bridgehead atoms. The lowest BCUT2D eigenvalue weighted by Crippen LogP contribution is -2.69. The maximum absolute atomic E-state index is 13.1. The molecular formula is C25H29N3O. The number of amides is 1. The molecule has 1 aromatic heterocycles. The number of benzene rings is 1. The van der Waals surface area contributed by atoms with Crippen LogP contribution < -0.4 is 5.32 Å². The molecule has 2 heterocycles. The van der Waals surface area contributed by atoms with Gasteiger partial charge in [0, 0.05) is 29.9 Å². The van der Waals surface area contributed by atoms with Gasteiger partial charge in [-0.25, -0.2) is 4.98 Å². The third-order valence-corrected chi connectivity index (χ3v) is 8.04. The van der Waals surface area contributed by atoms with E-state index in [1.165, 1.54) is 30.4 Å². The predicted octanol–water partition coefficient (Wildman–Crippen LogP) is 4.23. The van der Waals surface area contributed by atoms with Crippen LogP contribution in [0.15, 0.2) is 42.5 Å². The van der Waals surface area contributed by atoms with Gasteiger partial charge in [0.05, 0.1) is 0 Å². The van der Waals surface area contributed by atoms with E-state index in [1.54, 1.807) is 0 Å². The Hall–Kier alpha value is -2.20. The summed E-state index contributed by atoms with van der Waals surface area (Å²) in [6.45, 7) is 4.08. The number of carbonyl (C=O) groups is 1. The summed E-state index contributed by atoms with van der Waals surface area (Å²) in [5, 5.41) is 3.51. The first-order valence-corrected chi connectivity index (χ1v) is 11.1. The third-order valence-electron chi connectivity index (χ3n) is 8.04. The fourth-order valence-electron chi connectivity index (χ4n) is 7.37. The first-order chi connectivity index (χ1) is 14.0. The van der Waals surface area contributed by atoms with Crippen molar-refractivity contribution in [3.63, 3.8) is 0 Å². The molecule has 1 aromatic carbocycles. The van der Waals surface area contributed by atoms with Crippen LogP contribution in [-0.4, -0.2) is 26.9 Å². The van der Waals surface area contributed by atoms with Crippen LogP contribution in [0.3, 0.4) is 0 Å². The van der Waals surface area contributed by atoms with Gasteiger partial charge in [-0.2, -0.15) is 0 Å². The average Bonchev–Trinajstić information content (AvgIpc) is 3.12. The number of aromatic nitrogens is 1. The fourth-order valence-corrected chi connectivity index (χ4v) is 7.37. The van der Waals surface area contributed by atoms with Gasteiger partial charge in [0.2, 0.25) is 0 Å². The van der Waals surface area contributed by atoms with Gasteiger partial charge in [0.25, 0.3) is 5.91 Å².